The average Bonchev–Trinajstić information content (AvgIpc) is 2.38. The van der Waals surface area contributed by atoms with Gasteiger partial charge < -0.3 is 9.47 Å². The molecule has 2 heteroatoms. The summed E-state index contributed by atoms with van der Waals surface area (Å²) in [6.45, 7) is 4.78. The Kier molecular flexibility index (Phi) is 4.86. The smallest absolute Gasteiger partial charge is 0.158 e. The molecule has 92 valence electrons. The molecule has 0 aromatic carbocycles. The highest BCUT2D eigenvalue weighted by molar-refractivity contribution is 4.88. The fourth-order valence-corrected chi connectivity index (χ4v) is 2.82. The number of hydrogen-bond acceptors (Lipinski definition) is 2. The van der Waals surface area contributed by atoms with Crippen molar-refractivity contribution in [2.75, 3.05) is 6.61 Å². The first kappa shape index (κ1) is 12.1. The van der Waals surface area contributed by atoms with Crippen molar-refractivity contribution >= 4 is 0 Å². The largest absolute Gasteiger partial charge is 0.353 e. The molecule has 0 amide bonds. The van der Waals surface area contributed by atoms with Crippen molar-refractivity contribution < 1.29 is 9.47 Å². The highest BCUT2D eigenvalue weighted by atomic mass is 16.7. The third-order valence-corrected chi connectivity index (χ3v) is 3.79. The van der Waals surface area contributed by atoms with Crippen molar-refractivity contribution in [2.24, 2.45) is 5.92 Å². The minimum atomic E-state index is 0.0266. The maximum absolute atomic E-state index is 6.04. The SMILES string of the molecule is C=CC(OC1CCCCO1)C1CCCCC1. The molecule has 2 nitrogen and oxygen atoms in total. The molecule has 2 fully saturated rings. The molecule has 2 aliphatic rings. The van der Waals surface area contributed by atoms with Gasteiger partial charge in [-0.25, -0.2) is 0 Å². The summed E-state index contributed by atoms with van der Waals surface area (Å²) in [4.78, 5) is 0. The van der Waals surface area contributed by atoms with Gasteiger partial charge in [0.1, 0.15) is 0 Å². The zero-order chi connectivity index (χ0) is 11.2. The van der Waals surface area contributed by atoms with E-state index in [2.05, 4.69) is 6.58 Å². The quantitative estimate of drug-likeness (QED) is 0.678. The highest BCUT2D eigenvalue weighted by Crippen LogP contribution is 2.30. The lowest BCUT2D eigenvalue weighted by atomic mass is 9.85. The normalized spacial score (nSPS) is 29.9. The van der Waals surface area contributed by atoms with Crippen molar-refractivity contribution in [2.45, 2.75) is 63.8 Å². The minimum absolute atomic E-state index is 0.0266. The summed E-state index contributed by atoms with van der Waals surface area (Å²) in [5.41, 5.74) is 0. The van der Waals surface area contributed by atoms with Gasteiger partial charge in [0.25, 0.3) is 0 Å². The van der Waals surface area contributed by atoms with E-state index in [1.165, 1.54) is 44.9 Å². The van der Waals surface area contributed by atoms with Crippen molar-refractivity contribution in [1.82, 2.24) is 0 Å². The van der Waals surface area contributed by atoms with Gasteiger partial charge in [-0.3, -0.25) is 0 Å². The van der Waals surface area contributed by atoms with Gasteiger partial charge in [0, 0.05) is 6.61 Å². The summed E-state index contributed by atoms with van der Waals surface area (Å²) in [6, 6.07) is 0. The summed E-state index contributed by atoms with van der Waals surface area (Å²) < 4.78 is 11.7. The zero-order valence-electron chi connectivity index (χ0n) is 10.2. The Morgan fingerprint density at radius 1 is 1.06 bits per heavy atom. The first-order valence-corrected chi connectivity index (χ1v) is 6.80. The van der Waals surface area contributed by atoms with E-state index in [9.17, 15) is 0 Å². The highest BCUT2D eigenvalue weighted by Gasteiger charge is 2.25. The zero-order valence-corrected chi connectivity index (χ0v) is 10.2. The molecule has 0 N–H and O–H groups in total. The molecule has 2 rings (SSSR count). The van der Waals surface area contributed by atoms with Crippen LogP contribution in [-0.4, -0.2) is 19.0 Å². The Labute approximate surface area is 99.0 Å². The van der Waals surface area contributed by atoms with E-state index in [0.717, 1.165) is 13.0 Å². The summed E-state index contributed by atoms with van der Waals surface area (Å²) in [6.07, 6.45) is 12.4. The summed E-state index contributed by atoms with van der Waals surface area (Å²) >= 11 is 0. The molecule has 0 bridgehead atoms. The molecule has 2 atom stereocenters. The topological polar surface area (TPSA) is 18.5 Å². The molecule has 1 aliphatic carbocycles. The fourth-order valence-electron chi connectivity index (χ4n) is 2.82. The molecule has 0 aromatic heterocycles. The molecule has 0 spiro atoms. The molecular formula is C14H24O2. The van der Waals surface area contributed by atoms with Gasteiger partial charge in [-0.1, -0.05) is 25.3 Å². The summed E-state index contributed by atoms with van der Waals surface area (Å²) in [7, 11) is 0. The number of rotatable bonds is 4. The third kappa shape index (κ3) is 3.33. The standard InChI is InChI=1S/C14H24O2/c1-2-13(12-8-4-3-5-9-12)16-14-10-6-7-11-15-14/h2,12-14H,1,3-11H2. The van der Waals surface area contributed by atoms with E-state index < -0.39 is 0 Å². The Bertz CT molecular complexity index is 203. The monoisotopic (exact) mass is 224 g/mol. The van der Waals surface area contributed by atoms with Gasteiger partial charge in [-0.15, -0.1) is 6.58 Å². The third-order valence-electron chi connectivity index (χ3n) is 3.79. The predicted octanol–water partition coefficient (Wildman–Crippen LogP) is 3.66. The maximum Gasteiger partial charge on any atom is 0.158 e. The van der Waals surface area contributed by atoms with Crippen LogP contribution in [0.4, 0.5) is 0 Å². The van der Waals surface area contributed by atoms with Crippen LogP contribution in [0.5, 0.6) is 0 Å². The van der Waals surface area contributed by atoms with Crippen LogP contribution in [0.15, 0.2) is 12.7 Å². The lowest BCUT2D eigenvalue weighted by Gasteiger charge is -2.32. The second-order valence-electron chi connectivity index (χ2n) is 5.03. The molecule has 1 saturated heterocycles. The van der Waals surface area contributed by atoms with Crippen molar-refractivity contribution in [3.8, 4) is 0 Å². The Hall–Kier alpha value is -0.340. The average molecular weight is 224 g/mol. The van der Waals surface area contributed by atoms with Crippen LogP contribution in [0.3, 0.4) is 0 Å². The molecular weight excluding hydrogens is 200 g/mol. The predicted molar refractivity (Wildman–Crippen MR) is 65.2 cm³/mol. The number of ether oxygens (including phenoxy) is 2. The molecule has 16 heavy (non-hydrogen) atoms. The fraction of sp³-hybridized carbons (Fsp3) is 0.857. The van der Waals surface area contributed by atoms with Crippen LogP contribution in [0, 0.1) is 5.92 Å². The van der Waals surface area contributed by atoms with Gasteiger partial charge >= 0.3 is 0 Å². The summed E-state index contributed by atoms with van der Waals surface area (Å²) in [5.74, 6) is 0.678. The second-order valence-corrected chi connectivity index (χ2v) is 5.03. The lowest BCUT2D eigenvalue weighted by molar-refractivity contribution is -0.189. The van der Waals surface area contributed by atoms with Crippen molar-refractivity contribution in [3.05, 3.63) is 12.7 Å². The van der Waals surface area contributed by atoms with E-state index in [1.807, 2.05) is 6.08 Å². The summed E-state index contributed by atoms with van der Waals surface area (Å²) in [5, 5.41) is 0. The Morgan fingerprint density at radius 3 is 2.44 bits per heavy atom. The van der Waals surface area contributed by atoms with E-state index in [0.29, 0.717) is 5.92 Å². The molecule has 2 unspecified atom stereocenters. The molecule has 1 saturated carbocycles. The first-order chi connectivity index (χ1) is 7.90. The van der Waals surface area contributed by atoms with Gasteiger partial charge in [0.2, 0.25) is 0 Å². The van der Waals surface area contributed by atoms with Crippen LogP contribution < -0.4 is 0 Å². The minimum Gasteiger partial charge on any atom is -0.353 e. The first-order valence-electron chi connectivity index (χ1n) is 6.80. The van der Waals surface area contributed by atoms with E-state index in [4.69, 9.17) is 9.47 Å². The van der Waals surface area contributed by atoms with Gasteiger partial charge in [0.15, 0.2) is 6.29 Å². The van der Waals surface area contributed by atoms with E-state index in [-0.39, 0.29) is 12.4 Å². The second kappa shape index (κ2) is 6.41. The maximum atomic E-state index is 6.04. The Balaban J connectivity index is 1.81. The van der Waals surface area contributed by atoms with Crippen molar-refractivity contribution in [1.29, 1.82) is 0 Å². The van der Waals surface area contributed by atoms with Gasteiger partial charge in [0.05, 0.1) is 6.10 Å². The van der Waals surface area contributed by atoms with E-state index >= 15 is 0 Å². The van der Waals surface area contributed by atoms with Crippen LogP contribution in [-0.2, 0) is 9.47 Å². The van der Waals surface area contributed by atoms with E-state index in [1.54, 1.807) is 0 Å². The van der Waals surface area contributed by atoms with Crippen LogP contribution in [0.1, 0.15) is 51.4 Å². The van der Waals surface area contributed by atoms with Crippen molar-refractivity contribution in [3.63, 3.8) is 0 Å². The molecule has 1 heterocycles. The lowest BCUT2D eigenvalue weighted by Crippen LogP contribution is -2.32. The molecule has 0 radical (unpaired) electrons. The van der Waals surface area contributed by atoms with Gasteiger partial charge in [-0.05, 0) is 38.0 Å². The van der Waals surface area contributed by atoms with Gasteiger partial charge in [-0.2, -0.15) is 0 Å². The van der Waals surface area contributed by atoms with Crippen LogP contribution in [0.2, 0.25) is 0 Å². The molecule has 1 aliphatic heterocycles. The molecule has 0 aromatic rings. The van der Waals surface area contributed by atoms with Crippen LogP contribution in [0.25, 0.3) is 0 Å². The Morgan fingerprint density at radius 2 is 1.81 bits per heavy atom. The van der Waals surface area contributed by atoms with Crippen LogP contribution >= 0.6 is 0 Å². The number of hydrogen-bond donors (Lipinski definition) is 0.